The number of methoxy groups -OCH3 is 1. The minimum atomic E-state index is 0.0474. The highest BCUT2D eigenvalue weighted by atomic mass is 16.5. The largest absolute Gasteiger partial charge is 0.497 e. The van der Waals surface area contributed by atoms with E-state index in [2.05, 4.69) is 28.2 Å². The van der Waals surface area contributed by atoms with E-state index < -0.39 is 0 Å². The highest BCUT2D eigenvalue weighted by Crippen LogP contribution is 2.34. The van der Waals surface area contributed by atoms with E-state index in [1.807, 2.05) is 37.3 Å². The van der Waals surface area contributed by atoms with Gasteiger partial charge in [-0.15, -0.1) is 0 Å². The zero-order valence-electron chi connectivity index (χ0n) is 18.3. The van der Waals surface area contributed by atoms with Crippen molar-refractivity contribution in [2.24, 2.45) is 11.8 Å². The Morgan fingerprint density at radius 1 is 1.17 bits per heavy atom. The van der Waals surface area contributed by atoms with Crippen LogP contribution in [0.1, 0.15) is 30.8 Å². The summed E-state index contributed by atoms with van der Waals surface area (Å²) in [5.74, 6) is 3.66. The number of hydrogen-bond donors (Lipinski definition) is 1. The number of benzene rings is 1. The number of aryl methyl sites for hydroxylation is 1. The fourth-order valence-electron chi connectivity index (χ4n) is 4.98. The van der Waals surface area contributed by atoms with Gasteiger partial charge < -0.3 is 19.4 Å². The lowest BCUT2D eigenvalue weighted by molar-refractivity contribution is -0.119. The molecular weight excluding hydrogens is 378 g/mol. The summed E-state index contributed by atoms with van der Waals surface area (Å²) in [6.07, 6.45) is 3.31. The molecule has 30 heavy (non-hydrogen) atoms. The summed E-state index contributed by atoms with van der Waals surface area (Å²) in [5.41, 5.74) is 0.827. The van der Waals surface area contributed by atoms with Crippen molar-refractivity contribution >= 4 is 11.6 Å². The normalized spacial score (nSPS) is 23.6. The lowest BCUT2D eigenvalue weighted by atomic mass is 9.86. The number of ether oxygens (including phenoxy) is 1. The molecule has 2 atom stereocenters. The Hall–Kier alpha value is -2.31. The maximum absolute atomic E-state index is 12.8. The Bertz CT molecular complexity index is 840. The van der Waals surface area contributed by atoms with Gasteiger partial charge in [0, 0.05) is 18.3 Å². The summed E-state index contributed by atoms with van der Waals surface area (Å²) >= 11 is 0. The lowest BCUT2D eigenvalue weighted by Crippen LogP contribution is -2.41. The number of piperidine rings is 1. The summed E-state index contributed by atoms with van der Waals surface area (Å²) in [5, 5.41) is 3.08. The second-order valence-corrected chi connectivity index (χ2v) is 8.78. The summed E-state index contributed by atoms with van der Waals surface area (Å²) in [6.45, 7) is 5.91. The van der Waals surface area contributed by atoms with Gasteiger partial charge in [0.15, 0.2) is 0 Å². The molecule has 1 aromatic carbocycles. The second kappa shape index (κ2) is 9.23. The van der Waals surface area contributed by atoms with Crippen LogP contribution in [0, 0.1) is 18.8 Å². The van der Waals surface area contributed by atoms with Crippen LogP contribution in [0.3, 0.4) is 0 Å². The molecular formula is C24H33N3O3. The molecule has 0 aliphatic carbocycles. The van der Waals surface area contributed by atoms with Gasteiger partial charge in [0.1, 0.15) is 17.3 Å². The number of nitrogens with one attached hydrogen (secondary N) is 1. The highest BCUT2D eigenvalue weighted by Gasteiger charge is 2.39. The van der Waals surface area contributed by atoms with E-state index in [1.54, 1.807) is 7.11 Å². The number of amides is 1. The third kappa shape index (κ3) is 4.87. The first-order chi connectivity index (χ1) is 14.5. The van der Waals surface area contributed by atoms with Crippen LogP contribution >= 0.6 is 0 Å². The van der Waals surface area contributed by atoms with Crippen molar-refractivity contribution in [1.29, 1.82) is 0 Å². The Labute approximate surface area is 179 Å². The van der Waals surface area contributed by atoms with Crippen LogP contribution in [-0.4, -0.2) is 55.5 Å². The van der Waals surface area contributed by atoms with Gasteiger partial charge in [0.2, 0.25) is 5.91 Å². The molecule has 2 aliphatic rings. The van der Waals surface area contributed by atoms with E-state index in [0.29, 0.717) is 12.0 Å². The monoisotopic (exact) mass is 411 g/mol. The number of carbonyl (C=O) groups is 1. The fourth-order valence-corrected chi connectivity index (χ4v) is 4.98. The zero-order chi connectivity index (χ0) is 21.1. The number of furan rings is 1. The summed E-state index contributed by atoms with van der Waals surface area (Å²) < 4.78 is 10.9. The Balaban J connectivity index is 1.27. The summed E-state index contributed by atoms with van der Waals surface area (Å²) in [4.78, 5) is 17.7. The molecule has 162 valence electrons. The van der Waals surface area contributed by atoms with Gasteiger partial charge in [-0.2, -0.15) is 0 Å². The molecule has 2 saturated heterocycles. The van der Waals surface area contributed by atoms with E-state index in [9.17, 15) is 4.79 Å². The molecule has 0 spiro atoms. The van der Waals surface area contributed by atoms with Gasteiger partial charge >= 0.3 is 0 Å². The Morgan fingerprint density at radius 2 is 1.90 bits per heavy atom. The topological polar surface area (TPSA) is 58.0 Å². The maximum atomic E-state index is 12.8. The highest BCUT2D eigenvalue weighted by molar-refractivity contribution is 5.93. The van der Waals surface area contributed by atoms with Gasteiger partial charge in [-0.05, 0) is 88.6 Å². The van der Waals surface area contributed by atoms with Gasteiger partial charge in [-0.3, -0.25) is 9.69 Å². The van der Waals surface area contributed by atoms with Crippen molar-refractivity contribution in [3.8, 4) is 5.75 Å². The lowest BCUT2D eigenvalue weighted by Gasteiger charge is -2.36. The van der Waals surface area contributed by atoms with Crippen molar-refractivity contribution in [3.63, 3.8) is 0 Å². The summed E-state index contributed by atoms with van der Waals surface area (Å²) in [6, 6.07) is 12.1. The van der Waals surface area contributed by atoms with Gasteiger partial charge in [-0.25, -0.2) is 0 Å². The number of carbonyl (C=O) groups excluding carboxylic acids is 1. The Morgan fingerprint density at radius 3 is 2.53 bits per heavy atom. The molecule has 6 nitrogen and oxygen atoms in total. The van der Waals surface area contributed by atoms with Crippen LogP contribution < -0.4 is 10.1 Å². The fraction of sp³-hybridized carbons (Fsp3) is 0.542. The molecule has 2 aromatic rings. The molecule has 0 radical (unpaired) electrons. The predicted octanol–water partition coefficient (Wildman–Crippen LogP) is 3.77. The first-order valence-corrected chi connectivity index (χ1v) is 10.9. The van der Waals surface area contributed by atoms with E-state index in [1.165, 1.54) is 12.8 Å². The standard InChI is InChI=1S/C24H33N3O3/c1-17-4-7-22(30-17)16-27-12-10-18(11-13-27)23-14-19(15-26(23)2)24(28)25-20-5-8-21(29-3)9-6-20/h4-9,18-19,23H,10-16H2,1-3H3,(H,25,28)/t19-,23+/m1/s1. The van der Waals surface area contributed by atoms with E-state index in [4.69, 9.17) is 9.15 Å². The predicted molar refractivity (Wildman–Crippen MR) is 118 cm³/mol. The first-order valence-electron chi connectivity index (χ1n) is 10.9. The molecule has 0 saturated carbocycles. The molecule has 1 amide bonds. The average molecular weight is 412 g/mol. The summed E-state index contributed by atoms with van der Waals surface area (Å²) in [7, 11) is 3.81. The molecule has 3 heterocycles. The molecule has 2 fully saturated rings. The molecule has 1 N–H and O–H groups in total. The van der Waals surface area contributed by atoms with Crippen LogP contribution in [-0.2, 0) is 11.3 Å². The van der Waals surface area contributed by atoms with Gasteiger partial charge in [-0.1, -0.05) is 0 Å². The Kier molecular flexibility index (Phi) is 6.44. The van der Waals surface area contributed by atoms with Crippen LogP contribution in [0.5, 0.6) is 5.75 Å². The number of hydrogen-bond acceptors (Lipinski definition) is 5. The molecule has 2 aliphatic heterocycles. The van der Waals surface area contributed by atoms with Gasteiger partial charge in [0.25, 0.3) is 0 Å². The van der Waals surface area contributed by atoms with Gasteiger partial charge in [0.05, 0.1) is 19.6 Å². The minimum absolute atomic E-state index is 0.0474. The second-order valence-electron chi connectivity index (χ2n) is 8.78. The van der Waals surface area contributed by atoms with Crippen molar-refractivity contribution in [2.45, 2.75) is 38.8 Å². The van der Waals surface area contributed by atoms with E-state index in [-0.39, 0.29) is 11.8 Å². The van der Waals surface area contributed by atoms with Crippen molar-refractivity contribution in [3.05, 3.63) is 47.9 Å². The minimum Gasteiger partial charge on any atom is -0.497 e. The number of rotatable bonds is 6. The molecule has 4 rings (SSSR count). The third-order valence-corrected chi connectivity index (χ3v) is 6.68. The van der Waals surface area contributed by atoms with Crippen molar-refractivity contribution in [2.75, 3.05) is 39.1 Å². The number of nitrogens with zero attached hydrogens (tertiary/aromatic N) is 2. The van der Waals surface area contributed by atoms with Crippen LogP contribution in [0.2, 0.25) is 0 Å². The molecule has 0 unspecified atom stereocenters. The van der Waals surface area contributed by atoms with Crippen LogP contribution in [0.4, 0.5) is 5.69 Å². The van der Waals surface area contributed by atoms with E-state index in [0.717, 1.165) is 55.6 Å². The smallest absolute Gasteiger partial charge is 0.228 e. The average Bonchev–Trinajstić information content (AvgIpc) is 3.34. The van der Waals surface area contributed by atoms with Crippen molar-refractivity contribution < 1.29 is 13.9 Å². The van der Waals surface area contributed by atoms with Crippen LogP contribution in [0.25, 0.3) is 0 Å². The number of anilines is 1. The molecule has 0 bridgehead atoms. The van der Waals surface area contributed by atoms with Crippen LogP contribution in [0.15, 0.2) is 40.8 Å². The maximum Gasteiger partial charge on any atom is 0.228 e. The quantitative estimate of drug-likeness (QED) is 0.784. The molecule has 1 aromatic heterocycles. The number of likely N-dealkylation sites (tertiary alicyclic amines) is 2. The van der Waals surface area contributed by atoms with Crippen molar-refractivity contribution in [1.82, 2.24) is 9.80 Å². The third-order valence-electron chi connectivity index (χ3n) is 6.68. The molecule has 6 heteroatoms. The van der Waals surface area contributed by atoms with E-state index >= 15 is 0 Å². The SMILES string of the molecule is COc1ccc(NC(=O)[C@@H]2C[C@@H](C3CCN(Cc4ccc(C)o4)CC3)N(C)C2)cc1. The first kappa shape index (κ1) is 20.9. The zero-order valence-corrected chi connectivity index (χ0v) is 18.3.